The number of anilines is 2. The summed E-state index contributed by atoms with van der Waals surface area (Å²) in [4.78, 5) is 11.9. The van der Waals surface area contributed by atoms with Crippen LogP contribution in [0.5, 0.6) is 5.75 Å². The molecule has 0 aromatic heterocycles. The Labute approximate surface area is 128 Å². The Hall–Kier alpha value is -2.20. The van der Waals surface area contributed by atoms with Crippen molar-refractivity contribution < 1.29 is 9.53 Å². The fraction of sp³-hybridized carbons (Fsp3) is 0.188. The van der Waals surface area contributed by atoms with Gasteiger partial charge in [0.1, 0.15) is 5.75 Å². The van der Waals surface area contributed by atoms with Crippen LogP contribution >= 0.6 is 11.6 Å². The number of carbonyl (C=O) groups excluding carboxylic acids is 1. The minimum Gasteiger partial charge on any atom is -0.483 e. The normalized spacial score (nSPS) is 10.2. The maximum atomic E-state index is 11.9. The largest absolute Gasteiger partial charge is 0.483 e. The van der Waals surface area contributed by atoms with Crippen molar-refractivity contribution in [1.29, 1.82) is 0 Å². The molecule has 0 aliphatic heterocycles. The van der Waals surface area contributed by atoms with E-state index in [0.717, 1.165) is 12.0 Å². The Morgan fingerprint density at radius 3 is 2.81 bits per heavy atom. The van der Waals surface area contributed by atoms with Crippen LogP contribution in [-0.4, -0.2) is 12.5 Å². The Morgan fingerprint density at radius 1 is 1.29 bits per heavy atom. The van der Waals surface area contributed by atoms with Gasteiger partial charge in [-0.15, -0.1) is 0 Å². The van der Waals surface area contributed by atoms with Gasteiger partial charge in [-0.25, -0.2) is 0 Å². The van der Waals surface area contributed by atoms with Crippen molar-refractivity contribution in [3.8, 4) is 5.75 Å². The number of aryl methyl sites for hydroxylation is 1. The molecule has 1 amide bonds. The first-order chi connectivity index (χ1) is 10.1. The van der Waals surface area contributed by atoms with Gasteiger partial charge in [0.2, 0.25) is 0 Å². The standard InChI is InChI=1S/C16H17ClN2O2/c1-2-11-5-3-4-6-15(11)21-10-16(20)19-14-9-12(18)7-8-13(14)17/h3-9H,2,10,18H2,1H3,(H,19,20). The van der Waals surface area contributed by atoms with Gasteiger partial charge in [-0.2, -0.15) is 0 Å². The fourth-order valence-corrected chi connectivity index (χ4v) is 2.07. The molecule has 0 bridgehead atoms. The van der Waals surface area contributed by atoms with E-state index in [0.29, 0.717) is 22.1 Å². The first-order valence-corrected chi connectivity index (χ1v) is 7.03. The third-order valence-corrected chi connectivity index (χ3v) is 3.31. The van der Waals surface area contributed by atoms with Gasteiger partial charge >= 0.3 is 0 Å². The van der Waals surface area contributed by atoms with Crippen LogP contribution in [0.3, 0.4) is 0 Å². The van der Waals surface area contributed by atoms with Crippen molar-refractivity contribution in [1.82, 2.24) is 0 Å². The molecule has 5 heteroatoms. The van der Waals surface area contributed by atoms with Crippen molar-refractivity contribution >= 4 is 28.9 Å². The Balaban J connectivity index is 1.97. The number of benzene rings is 2. The summed E-state index contributed by atoms with van der Waals surface area (Å²) in [6.07, 6.45) is 0.846. The maximum absolute atomic E-state index is 11.9. The third-order valence-electron chi connectivity index (χ3n) is 2.98. The lowest BCUT2D eigenvalue weighted by molar-refractivity contribution is -0.118. The summed E-state index contributed by atoms with van der Waals surface area (Å²) >= 11 is 5.99. The quantitative estimate of drug-likeness (QED) is 0.831. The lowest BCUT2D eigenvalue weighted by atomic mass is 10.1. The molecule has 0 saturated heterocycles. The number of nitrogens with two attached hydrogens (primary N) is 1. The Bertz CT molecular complexity index is 644. The predicted octanol–water partition coefficient (Wildman–Crippen LogP) is 3.50. The topological polar surface area (TPSA) is 64.3 Å². The molecule has 0 radical (unpaired) electrons. The summed E-state index contributed by atoms with van der Waals surface area (Å²) in [6, 6.07) is 12.6. The molecule has 4 nitrogen and oxygen atoms in total. The van der Waals surface area contributed by atoms with E-state index >= 15 is 0 Å². The smallest absolute Gasteiger partial charge is 0.262 e. The zero-order chi connectivity index (χ0) is 15.2. The van der Waals surface area contributed by atoms with Gasteiger partial charge < -0.3 is 15.8 Å². The molecule has 0 saturated carbocycles. The van der Waals surface area contributed by atoms with Crippen molar-refractivity contribution in [3.05, 3.63) is 53.1 Å². The van der Waals surface area contributed by atoms with Gasteiger partial charge in [0.05, 0.1) is 10.7 Å². The van der Waals surface area contributed by atoms with Crippen LogP contribution in [0.2, 0.25) is 5.02 Å². The number of amides is 1. The number of carbonyl (C=O) groups is 1. The second kappa shape index (κ2) is 6.99. The lowest BCUT2D eigenvalue weighted by Crippen LogP contribution is -2.20. The number of hydrogen-bond acceptors (Lipinski definition) is 3. The summed E-state index contributed by atoms with van der Waals surface area (Å²) in [7, 11) is 0. The highest BCUT2D eigenvalue weighted by Crippen LogP contribution is 2.24. The molecule has 3 N–H and O–H groups in total. The van der Waals surface area contributed by atoms with Gasteiger partial charge in [-0.05, 0) is 36.2 Å². The van der Waals surface area contributed by atoms with Crippen LogP contribution in [0.4, 0.5) is 11.4 Å². The molecule has 0 aliphatic carbocycles. The van der Waals surface area contributed by atoms with Crippen LogP contribution in [0, 0.1) is 0 Å². The van der Waals surface area contributed by atoms with Gasteiger partial charge in [0.15, 0.2) is 6.61 Å². The van der Waals surface area contributed by atoms with E-state index in [2.05, 4.69) is 5.32 Å². The molecule has 2 aromatic rings. The molecule has 0 atom stereocenters. The zero-order valence-corrected chi connectivity index (χ0v) is 12.5. The maximum Gasteiger partial charge on any atom is 0.262 e. The number of hydrogen-bond donors (Lipinski definition) is 2. The molecule has 0 spiro atoms. The first kappa shape index (κ1) is 15.2. The number of para-hydroxylation sites is 1. The summed E-state index contributed by atoms with van der Waals surface area (Å²) in [5, 5.41) is 3.12. The van der Waals surface area contributed by atoms with E-state index in [1.807, 2.05) is 31.2 Å². The second-order valence-corrected chi connectivity index (χ2v) is 4.94. The van der Waals surface area contributed by atoms with Crippen LogP contribution in [-0.2, 0) is 11.2 Å². The number of nitrogens with one attached hydrogen (secondary N) is 1. The Kier molecular flexibility index (Phi) is 5.06. The summed E-state index contributed by atoms with van der Waals surface area (Å²) in [5.74, 6) is 0.433. The van der Waals surface area contributed by atoms with Crippen LogP contribution in [0.15, 0.2) is 42.5 Å². The fourth-order valence-electron chi connectivity index (χ4n) is 1.90. The van der Waals surface area contributed by atoms with E-state index in [1.165, 1.54) is 0 Å². The summed E-state index contributed by atoms with van der Waals surface area (Å²) < 4.78 is 5.55. The lowest BCUT2D eigenvalue weighted by Gasteiger charge is -2.11. The first-order valence-electron chi connectivity index (χ1n) is 6.65. The molecule has 0 fully saturated rings. The number of halogens is 1. The molecule has 2 aromatic carbocycles. The highest BCUT2D eigenvalue weighted by Gasteiger charge is 2.08. The minimum absolute atomic E-state index is 0.0812. The van der Waals surface area contributed by atoms with Crippen molar-refractivity contribution in [3.63, 3.8) is 0 Å². The molecule has 0 aliphatic rings. The highest BCUT2D eigenvalue weighted by atomic mass is 35.5. The van der Waals surface area contributed by atoms with Crippen molar-refractivity contribution in [2.24, 2.45) is 0 Å². The van der Waals surface area contributed by atoms with Gasteiger partial charge in [-0.3, -0.25) is 4.79 Å². The van der Waals surface area contributed by atoms with Crippen molar-refractivity contribution in [2.45, 2.75) is 13.3 Å². The summed E-state index contributed by atoms with van der Waals surface area (Å²) in [6.45, 7) is 1.96. The number of ether oxygens (including phenoxy) is 1. The minimum atomic E-state index is -0.284. The zero-order valence-electron chi connectivity index (χ0n) is 11.7. The molecule has 110 valence electrons. The van der Waals surface area contributed by atoms with Crippen LogP contribution < -0.4 is 15.8 Å². The third kappa shape index (κ3) is 4.13. The average molecular weight is 305 g/mol. The molecular weight excluding hydrogens is 288 g/mol. The van der Waals surface area contributed by atoms with E-state index < -0.39 is 0 Å². The van der Waals surface area contributed by atoms with E-state index in [9.17, 15) is 4.79 Å². The molecule has 0 heterocycles. The van der Waals surface area contributed by atoms with Crippen LogP contribution in [0.25, 0.3) is 0 Å². The molecule has 2 rings (SSSR count). The van der Waals surface area contributed by atoms with Gasteiger partial charge in [-0.1, -0.05) is 36.7 Å². The predicted molar refractivity (Wildman–Crippen MR) is 85.8 cm³/mol. The van der Waals surface area contributed by atoms with Crippen LogP contribution in [0.1, 0.15) is 12.5 Å². The molecular formula is C16H17ClN2O2. The monoisotopic (exact) mass is 304 g/mol. The molecule has 21 heavy (non-hydrogen) atoms. The van der Waals surface area contributed by atoms with E-state index in [-0.39, 0.29) is 12.5 Å². The number of rotatable bonds is 5. The number of nitrogen functional groups attached to an aromatic ring is 1. The van der Waals surface area contributed by atoms with Gasteiger partial charge in [0, 0.05) is 5.69 Å². The second-order valence-electron chi connectivity index (χ2n) is 4.54. The SMILES string of the molecule is CCc1ccccc1OCC(=O)Nc1cc(N)ccc1Cl. The highest BCUT2D eigenvalue weighted by molar-refractivity contribution is 6.33. The van der Waals surface area contributed by atoms with Crippen molar-refractivity contribution in [2.75, 3.05) is 17.7 Å². The van der Waals surface area contributed by atoms with E-state index in [1.54, 1.807) is 18.2 Å². The average Bonchev–Trinajstić information content (AvgIpc) is 2.49. The summed E-state index contributed by atoms with van der Waals surface area (Å²) in [5.41, 5.74) is 7.74. The molecule has 0 unspecified atom stereocenters. The Morgan fingerprint density at radius 2 is 2.05 bits per heavy atom. The van der Waals surface area contributed by atoms with E-state index in [4.69, 9.17) is 22.1 Å². The van der Waals surface area contributed by atoms with Gasteiger partial charge in [0.25, 0.3) is 5.91 Å².